The van der Waals surface area contributed by atoms with E-state index in [1.54, 1.807) is 0 Å². The van der Waals surface area contributed by atoms with Gasteiger partial charge >= 0.3 is 5.97 Å². The predicted octanol–water partition coefficient (Wildman–Crippen LogP) is 2.42. The average Bonchev–Trinajstić information content (AvgIpc) is 3.17. The van der Waals surface area contributed by atoms with Crippen LogP contribution in [-0.4, -0.2) is 49.6 Å². The van der Waals surface area contributed by atoms with Crippen molar-refractivity contribution in [1.82, 2.24) is 4.90 Å². The van der Waals surface area contributed by atoms with Crippen molar-refractivity contribution in [2.75, 3.05) is 11.4 Å². The zero-order chi connectivity index (χ0) is 28.3. The normalized spacial score (nSPS) is 15.4. The molecule has 0 saturated carbocycles. The molecule has 0 spiro atoms. The van der Waals surface area contributed by atoms with Gasteiger partial charge in [0.2, 0.25) is 15.9 Å². The summed E-state index contributed by atoms with van der Waals surface area (Å²) in [5.41, 5.74) is 0.593. The van der Waals surface area contributed by atoms with Crippen LogP contribution in [0.4, 0.5) is 10.1 Å². The summed E-state index contributed by atoms with van der Waals surface area (Å²) in [6.07, 6.45) is -0.144. The van der Waals surface area contributed by atoms with Crippen molar-refractivity contribution in [1.29, 1.82) is 0 Å². The smallest absolute Gasteiger partial charge is 0.308 e. The molecule has 2 N–H and O–H groups in total. The highest BCUT2D eigenvalue weighted by Crippen LogP contribution is 2.29. The second-order valence-electron chi connectivity index (χ2n) is 8.79. The van der Waals surface area contributed by atoms with Crippen LogP contribution < -0.4 is 14.8 Å². The Hall–Kier alpha value is -4.42. The maximum Gasteiger partial charge on any atom is 0.308 e. The molecule has 39 heavy (non-hydrogen) atoms. The number of esters is 1. The summed E-state index contributed by atoms with van der Waals surface area (Å²) in [5, 5.41) is 5.14. The molecule has 1 aliphatic rings. The van der Waals surface area contributed by atoms with Gasteiger partial charge in [-0.1, -0.05) is 24.3 Å². The fraction of sp³-hybridized carbons (Fsp3) is 0.185. The minimum atomic E-state index is -3.89. The van der Waals surface area contributed by atoms with Gasteiger partial charge in [-0.05, 0) is 60.5 Å². The van der Waals surface area contributed by atoms with Crippen LogP contribution in [-0.2, 0) is 30.8 Å². The fourth-order valence-electron chi connectivity index (χ4n) is 4.24. The first-order chi connectivity index (χ1) is 18.5. The summed E-state index contributed by atoms with van der Waals surface area (Å²) in [4.78, 5) is 53.0. The summed E-state index contributed by atoms with van der Waals surface area (Å²) in [6.45, 7) is 1.17. The fourth-order valence-corrected chi connectivity index (χ4v) is 4.76. The van der Waals surface area contributed by atoms with Gasteiger partial charge in [0.25, 0.3) is 11.8 Å². The van der Waals surface area contributed by atoms with E-state index in [0.717, 1.165) is 15.9 Å². The zero-order valence-corrected chi connectivity index (χ0v) is 21.6. The van der Waals surface area contributed by atoms with Crippen molar-refractivity contribution >= 4 is 39.4 Å². The number of rotatable bonds is 8. The topological polar surface area (TPSA) is 144 Å². The molecule has 12 heteroatoms. The lowest BCUT2D eigenvalue weighted by molar-refractivity contribution is -0.132. The number of ether oxygens (including phenoxy) is 1. The van der Waals surface area contributed by atoms with Crippen molar-refractivity contribution in [2.45, 2.75) is 30.7 Å². The van der Waals surface area contributed by atoms with Crippen molar-refractivity contribution < 1.29 is 36.7 Å². The maximum absolute atomic E-state index is 14.5. The third-order valence-corrected chi connectivity index (χ3v) is 7.04. The lowest BCUT2D eigenvalue weighted by Crippen LogP contribution is -2.46. The molecule has 3 amide bonds. The lowest BCUT2D eigenvalue weighted by atomic mass is 10.1. The highest BCUT2D eigenvalue weighted by molar-refractivity contribution is 7.89. The van der Waals surface area contributed by atoms with E-state index in [4.69, 9.17) is 9.88 Å². The molecule has 0 radical (unpaired) electrons. The maximum atomic E-state index is 14.5. The van der Waals surface area contributed by atoms with E-state index < -0.39 is 45.6 Å². The second-order valence-corrected chi connectivity index (χ2v) is 10.4. The zero-order valence-electron chi connectivity index (χ0n) is 20.7. The van der Waals surface area contributed by atoms with Gasteiger partial charge in [0.1, 0.15) is 17.6 Å². The summed E-state index contributed by atoms with van der Waals surface area (Å²) in [7, 11) is -3.89. The molecule has 0 aromatic heterocycles. The highest BCUT2D eigenvalue weighted by Gasteiger charge is 2.44. The van der Waals surface area contributed by atoms with E-state index in [2.05, 4.69) is 0 Å². The van der Waals surface area contributed by atoms with E-state index in [-0.39, 0.29) is 41.3 Å². The Balaban J connectivity index is 1.61. The number of anilines is 1. The number of benzene rings is 3. The van der Waals surface area contributed by atoms with Crippen LogP contribution in [0.25, 0.3) is 0 Å². The molecule has 1 unspecified atom stereocenters. The minimum absolute atomic E-state index is 0.0647. The highest BCUT2D eigenvalue weighted by atomic mass is 32.2. The van der Waals surface area contributed by atoms with E-state index in [0.29, 0.717) is 5.56 Å². The van der Waals surface area contributed by atoms with Crippen molar-refractivity contribution in [3.8, 4) is 5.75 Å². The Morgan fingerprint density at radius 3 is 2.26 bits per heavy atom. The van der Waals surface area contributed by atoms with E-state index >= 15 is 0 Å². The largest absolute Gasteiger partial charge is 0.427 e. The number of carbonyl (C=O) groups excluding carboxylic acids is 4. The van der Waals surface area contributed by atoms with Crippen molar-refractivity contribution in [2.24, 2.45) is 5.14 Å². The molecule has 202 valence electrons. The first-order valence-electron chi connectivity index (χ1n) is 11.8. The number of halogens is 1. The van der Waals surface area contributed by atoms with Gasteiger partial charge in [0, 0.05) is 13.5 Å². The van der Waals surface area contributed by atoms with Gasteiger partial charge in [0.05, 0.1) is 22.6 Å². The van der Waals surface area contributed by atoms with Crippen LogP contribution in [0.3, 0.4) is 0 Å². The molecule has 1 saturated heterocycles. The molecule has 3 aromatic carbocycles. The number of imide groups is 1. The lowest BCUT2D eigenvalue weighted by Gasteiger charge is -2.28. The van der Waals surface area contributed by atoms with E-state index in [1.807, 2.05) is 0 Å². The summed E-state index contributed by atoms with van der Waals surface area (Å²) >= 11 is 0. The van der Waals surface area contributed by atoms with E-state index in [1.165, 1.54) is 73.7 Å². The quantitative estimate of drug-likeness (QED) is 0.256. The van der Waals surface area contributed by atoms with Crippen LogP contribution in [0.2, 0.25) is 0 Å². The standard InChI is InChI=1S/C27H24FN3O7S/c1-17(32)38-20-10-8-19(9-11-20)31-25(33)16-24(27(31)35)30(26(34)22-4-2-3-5-23(22)28)15-14-18-6-12-21(13-7-18)39(29,36)37/h2-13,24H,14-16H2,1H3,(H2,29,36,37). The third kappa shape index (κ3) is 6.19. The number of sulfonamides is 1. The molecule has 1 aliphatic heterocycles. The number of primary sulfonamides is 1. The van der Waals surface area contributed by atoms with Gasteiger partial charge in [-0.25, -0.2) is 22.8 Å². The van der Waals surface area contributed by atoms with E-state index in [9.17, 15) is 32.0 Å². The number of nitrogens with zero attached hydrogens (tertiary/aromatic N) is 2. The van der Waals surface area contributed by atoms with Crippen molar-refractivity contribution in [3.63, 3.8) is 0 Å². The summed E-state index contributed by atoms with van der Waals surface area (Å²) in [5.74, 6) is -3.08. The molecule has 0 aliphatic carbocycles. The molecule has 10 nitrogen and oxygen atoms in total. The van der Waals surface area contributed by atoms with Crippen molar-refractivity contribution in [3.05, 3.63) is 89.7 Å². The Morgan fingerprint density at radius 2 is 1.67 bits per heavy atom. The van der Waals surface area contributed by atoms with Crippen LogP contribution in [0.15, 0.2) is 77.7 Å². The Kier molecular flexibility index (Phi) is 7.88. The minimum Gasteiger partial charge on any atom is -0.427 e. The number of nitrogens with two attached hydrogens (primary N) is 1. The number of hydrogen-bond donors (Lipinski definition) is 1. The van der Waals surface area contributed by atoms with Crippen LogP contribution >= 0.6 is 0 Å². The molecule has 1 heterocycles. The average molecular weight is 554 g/mol. The monoisotopic (exact) mass is 553 g/mol. The van der Waals surface area contributed by atoms with Crippen LogP contribution in [0.5, 0.6) is 5.75 Å². The number of hydrogen-bond acceptors (Lipinski definition) is 7. The Morgan fingerprint density at radius 1 is 1.03 bits per heavy atom. The molecular formula is C27H24FN3O7S. The van der Waals surface area contributed by atoms with Gasteiger partial charge in [-0.2, -0.15) is 0 Å². The predicted molar refractivity (Wildman–Crippen MR) is 138 cm³/mol. The summed E-state index contributed by atoms with van der Waals surface area (Å²) in [6, 6.07) is 15.5. The Labute approximate surface area is 223 Å². The third-order valence-electron chi connectivity index (χ3n) is 6.11. The molecule has 1 atom stereocenters. The first-order valence-corrected chi connectivity index (χ1v) is 13.3. The number of amides is 3. The van der Waals surface area contributed by atoms with Crippen LogP contribution in [0, 0.1) is 5.82 Å². The van der Waals surface area contributed by atoms with Gasteiger partial charge < -0.3 is 9.64 Å². The van der Waals surface area contributed by atoms with Crippen LogP contribution in [0.1, 0.15) is 29.3 Å². The molecule has 1 fully saturated rings. The second kappa shape index (κ2) is 11.1. The SMILES string of the molecule is CC(=O)Oc1ccc(N2C(=O)CC(N(CCc3ccc(S(N)(=O)=O)cc3)C(=O)c3ccccc3F)C2=O)cc1. The van der Waals surface area contributed by atoms with Gasteiger partial charge in [-0.15, -0.1) is 0 Å². The first kappa shape index (κ1) is 27.6. The van der Waals surface area contributed by atoms with Gasteiger partial charge in [-0.3, -0.25) is 19.2 Å². The summed E-state index contributed by atoms with van der Waals surface area (Å²) < 4.78 is 42.6. The molecule has 0 bridgehead atoms. The molecular weight excluding hydrogens is 529 g/mol. The molecule has 4 rings (SSSR count). The van der Waals surface area contributed by atoms with Gasteiger partial charge in [0.15, 0.2) is 0 Å². The molecule has 3 aromatic rings. The Bertz CT molecular complexity index is 1540. The number of carbonyl (C=O) groups is 4.